The number of urea groups is 1. The number of hydrogen-bond acceptors (Lipinski definition) is 3. The van der Waals surface area contributed by atoms with Crippen LogP contribution in [0.15, 0.2) is 73.2 Å². The number of pyridine rings is 1. The van der Waals surface area contributed by atoms with Gasteiger partial charge in [0.25, 0.3) is 0 Å². The number of nitrogens with zero attached hydrogens (tertiary/aromatic N) is 2. The van der Waals surface area contributed by atoms with Crippen molar-refractivity contribution in [3.8, 4) is 22.4 Å². The maximum atomic E-state index is 13.7. The van der Waals surface area contributed by atoms with Gasteiger partial charge >= 0.3 is 6.03 Å². The Labute approximate surface area is 171 Å². The zero-order valence-corrected chi connectivity index (χ0v) is 15.7. The molecule has 2 aromatic heterocycles. The molecule has 2 aromatic carbocycles. The number of carbonyl (C=O) groups is 1. The highest BCUT2D eigenvalue weighted by Gasteiger charge is 2.12. The van der Waals surface area contributed by atoms with Gasteiger partial charge in [0.1, 0.15) is 11.6 Å². The van der Waals surface area contributed by atoms with E-state index in [1.54, 1.807) is 12.4 Å². The molecule has 0 fully saturated rings. The fourth-order valence-electron chi connectivity index (χ4n) is 3.03. The number of nitrogens with one attached hydrogen (secondary N) is 3. The Morgan fingerprint density at radius 1 is 1.00 bits per heavy atom. The monoisotopic (exact) mass is 405 g/mol. The van der Waals surface area contributed by atoms with Crippen LogP contribution >= 0.6 is 0 Å². The highest BCUT2D eigenvalue weighted by molar-refractivity contribution is 5.89. The van der Waals surface area contributed by atoms with Crippen LogP contribution in [0.25, 0.3) is 22.4 Å². The molecule has 8 heteroatoms. The van der Waals surface area contributed by atoms with E-state index in [0.717, 1.165) is 34.0 Å². The van der Waals surface area contributed by atoms with Gasteiger partial charge in [0.2, 0.25) is 0 Å². The van der Waals surface area contributed by atoms with Gasteiger partial charge in [-0.1, -0.05) is 18.2 Å². The molecule has 2 amide bonds. The molecule has 0 aliphatic carbocycles. The van der Waals surface area contributed by atoms with Gasteiger partial charge in [0.15, 0.2) is 0 Å². The molecule has 0 aliphatic heterocycles. The molecule has 2 heterocycles. The fraction of sp³-hybridized carbons (Fsp3) is 0.0455. The van der Waals surface area contributed by atoms with Crippen LogP contribution in [0.1, 0.15) is 5.56 Å². The maximum absolute atomic E-state index is 13.7. The predicted molar refractivity (Wildman–Crippen MR) is 109 cm³/mol. The number of benzene rings is 2. The normalized spacial score (nSPS) is 10.6. The van der Waals surface area contributed by atoms with Crippen molar-refractivity contribution in [2.75, 3.05) is 5.32 Å². The predicted octanol–water partition coefficient (Wildman–Crippen LogP) is 4.74. The molecular weight excluding hydrogens is 388 g/mol. The van der Waals surface area contributed by atoms with Crippen LogP contribution in [0, 0.1) is 11.6 Å². The molecule has 6 nitrogen and oxygen atoms in total. The van der Waals surface area contributed by atoms with Crippen LogP contribution in [0.4, 0.5) is 19.3 Å². The highest BCUT2D eigenvalue weighted by atomic mass is 19.1. The number of aromatic nitrogens is 3. The minimum absolute atomic E-state index is 0.0961. The molecule has 0 bridgehead atoms. The van der Waals surface area contributed by atoms with Gasteiger partial charge in [-0.15, -0.1) is 0 Å². The highest BCUT2D eigenvalue weighted by Crippen LogP contribution is 2.30. The van der Waals surface area contributed by atoms with E-state index >= 15 is 0 Å². The van der Waals surface area contributed by atoms with Crippen LogP contribution in [0.2, 0.25) is 0 Å². The third kappa shape index (κ3) is 4.33. The Morgan fingerprint density at radius 2 is 1.83 bits per heavy atom. The topological polar surface area (TPSA) is 82.7 Å². The standard InChI is InChI=1S/C22H17F2N5O/c23-17-4-5-20(19(24)11-17)28-22(30)26-12-14-2-1-3-16(10-14)21-18(13-27-29-21)15-6-8-25-9-7-15/h1-11,13H,12H2,(H,27,29)(H2,26,28,30). The van der Waals surface area contributed by atoms with E-state index < -0.39 is 17.7 Å². The molecule has 30 heavy (non-hydrogen) atoms. The average Bonchev–Trinajstić information content (AvgIpc) is 3.25. The molecule has 4 aromatic rings. The van der Waals surface area contributed by atoms with Gasteiger partial charge in [-0.05, 0) is 41.5 Å². The van der Waals surface area contributed by atoms with E-state index in [4.69, 9.17) is 0 Å². The lowest BCUT2D eigenvalue weighted by Crippen LogP contribution is -2.28. The Balaban J connectivity index is 1.46. The van der Waals surface area contributed by atoms with Gasteiger partial charge in [-0.3, -0.25) is 10.1 Å². The van der Waals surface area contributed by atoms with Crippen molar-refractivity contribution >= 4 is 11.7 Å². The van der Waals surface area contributed by atoms with Crippen LogP contribution in [-0.4, -0.2) is 21.2 Å². The van der Waals surface area contributed by atoms with Crippen molar-refractivity contribution in [3.63, 3.8) is 0 Å². The lowest BCUT2D eigenvalue weighted by Gasteiger charge is -2.10. The largest absolute Gasteiger partial charge is 0.334 e. The summed E-state index contributed by atoms with van der Waals surface area (Å²) < 4.78 is 26.6. The summed E-state index contributed by atoms with van der Waals surface area (Å²) in [5, 5.41) is 12.3. The molecule has 0 saturated heterocycles. The van der Waals surface area contributed by atoms with Gasteiger partial charge in [0, 0.05) is 42.3 Å². The van der Waals surface area contributed by atoms with Gasteiger partial charge < -0.3 is 10.6 Å². The van der Waals surface area contributed by atoms with E-state index in [-0.39, 0.29) is 12.2 Å². The number of halogens is 2. The number of rotatable bonds is 5. The van der Waals surface area contributed by atoms with Crippen LogP contribution in [-0.2, 0) is 6.54 Å². The Kier molecular flexibility index (Phi) is 5.47. The Bertz CT molecular complexity index is 1180. The van der Waals surface area contributed by atoms with Crippen molar-refractivity contribution in [3.05, 3.63) is 90.4 Å². The molecule has 0 saturated carbocycles. The summed E-state index contributed by atoms with van der Waals surface area (Å²) in [4.78, 5) is 16.1. The van der Waals surface area contributed by atoms with E-state index in [9.17, 15) is 13.6 Å². The number of H-pyrrole nitrogens is 1. The summed E-state index contributed by atoms with van der Waals surface area (Å²) in [5.74, 6) is -1.55. The first-order valence-electron chi connectivity index (χ1n) is 9.13. The zero-order valence-electron chi connectivity index (χ0n) is 15.7. The molecule has 0 unspecified atom stereocenters. The van der Waals surface area contributed by atoms with Gasteiger partial charge in [0.05, 0.1) is 11.4 Å². The first kappa shape index (κ1) is 19.3. The van der Waals surface area contributed by atoms with Crippen LogP contribution < -0.4 is 10.6 Å². The minimum Gasteiger partial charge on any atom is -0.334 e. The number of aromatic amines is 1. The van der Waals surface area contributed by atoms with Crippen molar-refractivity contribution in [1.82, 2.24) is 20.5 Å². The molecule has 150 valence electrons. The second kappa shape index (κ2) is 8.52. The number of anilines is 1. The average molecular weight is 405 g/mol. The zero-order chi connectivity index (χ0) is 20.9. The van der Waals surface area contributed by atoms with Gasteiger partial charge in [-0.2, -0.15) is 5.10 Å². The van der Waals surface area contributed by atoms with E-state index in [1.807, 2.05) is 42.6 Å². The SMILES string of the molecule is O=C(NCc1cccc(-c2n[nH]cc2-c2ccncc2)c1)Nc1ccc(F)cc1F. The number of hydrogen-bond donors (Lipinski definition) is 3. The summed E-state index contributed by atoms with van der Waals surface area (Å²) >= 11 is 0. The summed E-state index contributed by atoms with van der Waals surface area (Å²) in [7, 11) is 0. The van der Waals surface area contributed by atoms with Crippen molar-refractivity contribution in [1.29, 1.82) is 0 Å². The molecule has 0 radical (unpaired) electrons. The first-order chi connectivity index (χ1) is 14.6. The van der Waals surface area contributed by atoms with Crippen LogP contribution in [0.5, 0.6) is 0 Å². The smallest absolute Gasteiger partial charge is 0.319 e. The first-order valence-corrected chi connectivity index (χ1v) is 9.13. The fourth-order valence-corrected chi connectivity index (χ4v) is 3.03. The van der Waals surface area contributed by atoms with Crippen molar-refractivity contribution < 1.29 is 13.6 Å². The van der Waals surface area contributed by atoms with Crippen LogP contribution in [0.3, 0.4) is 0 Å². The summed E-state index contributed by atoms with van der Waals surface area (Å²) in [6, 6.07) is 13.7. The minimum atomic E-state index is -0.839. The molecule has 4 rings (SSSR count). The number of carbonyl (C=O) groups excluding carboxylic acids is 1. The lowest BCUT2D eigenvalue weighted by atomic mass is 10.0. The lowest BCUT2D eigenvalue weighted by molar-refractivity contribution is 0.251. The Hall–Kier alpha value is -4.07. The second-order valence-electron chi connectivity index (χ2n) is 6.52. The molecule has 0 spiro atoms. The molecule has 3 N–H and O–H groups in total. The number of amides is 2. The summed E-state index contributed by atoms with van der Waals surface area (Å²) in [6.07, 6.45) is 5.25. The van der Waals surface area contributed by atoms with E-state index in [0.29, 0.717) is 6.07 Å². The molecular formula is C22H17F2N5O. The quantitative estimate of drug-likeness (QED) is 0.449. The second-order valence-corrected chi connectivity index (χ2v) is 6.52. The van der Waals surface area contributed by atoms with E-state index in [2.05, 4.69) is 25.8 Å². The third-order valence-corrected chi connectivity index (χ3v) is 4.46. The van der Waals surface area contributed by atoms with Crippen molar-refractivity contribution in [2.45, 2.75) is 6.54 Å². The summed E-state index contributed by atoms with van der Waals surface area (Å²) in [5.41, 5.74) is 4.32. The van der Waals surface area contributed by atoms with Gasteiger partial charge in [-0.25, -0.2) is 13.6 Å². The Morgan fingerprint density at radius 3 is 2.63 bits per heavy atom. The van der Waals surface area contributed by atoms with Crippen molar-refractivity contribution in [2.24, 2.45) is 0 Å². The maximum Gasteiger partial charge on any atom is 0.319 e. The summed E-state index contributed by atoms with van der Waals surface area (Å²) in [6.45, 7) is 0.220. The third-order valence-electron chi connectivity index (χ3n) is 4.46. The molecule has 0 aliphatic rings. The van der Waals surface area contributed by atoms with E-state index in [1.165, 1.54) is 6.07 Å². The molecule has 0 atom stereocenters.